The maximum atomic E-state index is 12.0. The summed E-state index contributed by atoms with van der Waals surface area (Å²) in [6.45, 7) is 4.90. The van der Waals surface area contributed by atoms with Crippen molar-refractivity contribution in [2.45, 2.75) is 38.8 Å². The third-order valence-electron chi connectivity index (χ3n) is 2.71. The molecule has 0 fully saturated rings. The molecule has 6 heteroatoms. The fraction of sp³-hybridized carbons (Fsp3) is 0.636. The van der Waals surface area contributed by atoms with E-state index in [1.54, 1.807) is 6.07 Å². The van der Waals surface area contributed by atoms with E-state index in [2.05, 4.69) is 15.3 Å². The van der Waals surface area contributed by atoms with Gasteiger partial charge in [0.15, 0.2) is 0 Å². The lowest BCUT2D eigenvalue weighted by molar-refractivity contribution is -0.115. The molecular formula is C11H16F3N3. The second kappa shape index (κ2) is 4.89. The molecule has 1 N–H and O–H groups in total. The molecule has 0 bridgehead atoms. The number of aromatic nitrogens is 2. The monoisotopic (exact) mass is 247 g/mol. The van der Waals surface area contributed by atoms with Gasteiger partial charge in [-0.1, -0.05) is 20.8 Å². The minimum atomic E-state index is -4.24. The second-order valence-corrected chi connectivity index (χ2v) is 4.49. The van der Waals surface area contributed by atoms with Crippen molar-refractivity contribution in [2.75, 3.05) is 11.9 Å². The lowest BCUT2D eigenvalue weighted by Gasteiger charge is -2.22. The number of halogens is 3. The zero-order valence-corrected chi connectivity index (χ0v) is 10.1. The normalized spacial score (nSPS) is 12.6. The molecule has 0 spiro atoms. The zero-order chi connectivity index (χ0) is 13.1. The van der Waals surface area contributed by atoms with Crippen LogP contribution < -0.4 is 5.32 Å². The molecule has 0 saturated carbocycles. The Morgan fingerprint density at radius 2 is 1.88 bits per heavy atom. The van der Waals surface area contributed by atoms with Crippen LogP contribution in [0.4, 0.5) is 19.0 Å². The first-order chi connectivity index (χ1) is 7.74. The Morgan fingerprint density at radius 3 is 2.41 bits per heavy atom. The van der Waals surface area contributed by atoms with Crippen LogP contribution in [0.15, 0.2) is 12.4 Å². The van der Waals surface area contributed by atoms with Gasteiger partial charge in [0.25, 0.3) is 0 Å². The molecule has 0 amide bonds. The van der Waals surface area contributed by atoms with E-state index >= 15 is 0 Å². The van der Waals surface area contributed by atoms with E-state index in [1.807, 2.05) is 20.8 Å². The molecule has 96 valence electrons. The quantitative estimate of drug-likeness (QED) is 0.888. The molecule has 0 unspecified atom stereocenters. The first-order valence-electron chi connectivity index (χ1n) is 5.38. The Kier molecular flexibility index (Phi) is 3.95. The summed E-state index contributed by atoms with van der Waals surface area (Å²) >= 11 is 0. The van der Waals surface area contributed by atoms with Gasteiger partial charge in [-0.05, 0) is 6.42 Å². The molecule has 0 saturated heterocycles. The van der Waals surface area contributed by atoms with Crippen LogP contribution in [-0.2, 0) is 5.41 Å². The molecule has 0 atom stereocenters. The van der Waals surface area contributed by atoms with E-state index < -0.39 is 12.7 Å². The number of alkyl halides is 3. The standard InChI is InChI=1S/C11H16F3N3/c1-4-10(2,3)8-5-9(17-7-16-8)15-6-11(12,13)14/h5,7H,4,6H2,1-3H3,(H,15,16,17). The summed E-state index contributed by atoms with van der Waals surface area (Å²) in [5.41, 5.74) is 0.567. The number of hydrogen-bond donors (Lipinski definition) is 1. The molecule has 0 aliphatic carbocycles. The van der Waals surface area contributed by atoms with Crippen molar-refractivity contribution in [1.82, 2.24) is 9.97 Å². The Hall–Kier alpha value is -1.33. The van der Waals surface area contributed by atoms with Gasteiger partial charge in [-0.3, -0.25) is 0 Å². The second-order valence-electron chi connectivity index (χ2n) is 4.49. The fourth-order valence-electron chi connectivity index (χ4n) is 1.20. The van der Waals surface area contributed by atoms with E-state index in [1.165, 1.54) is 6.33 Å². The summed E-state index contributed by atoms with van der Waals surface area (Å²) in [5.74, 6) is 0.203. The van der Waals surface area contributed by atoms with Crippen LogP contribution in [0.5, 0.6) is 0 Å². The van der Waals surface area contributed by atoms with E-state index in [9.17, 15) is 13.2 Å². The van der Waals surface area contributed by atoms with Crippen molar-refractivity contribution >= 4 is 5.82 Å². The summed E-state index contributed by atoms with van der Waals surface area (Å²) in [7, 11) is 0. The van der Waals surface area contributed by atoms with Crippen LogP contribution in [0.3, 0.4) is 0 Å². The van der Waals surface area contributed by atoms with Gasteiger partial charge >= 0.3 is 6.18 Å². The van der Waals surface area contributed by atoms with Gasteiger partial charge in [-0.25, -0.2) is 9.97 Å². The van der Waals surface area contributed by atoms with Crippen LogP contribution >= 0.6 is 0 Å². The van der Waals surface area contributed by atoms with Gasteiger partial charge in [0.05, 0.1) is 5.69 Å². The van der Waals surface area contributed by atoms with E-state index in [-0.39, 0.29) is 11.2 Å². The average molecular weight is 247 g/mol. The zero-order valence-electron chi connectivity index (χ0n) is 10.1. The van der Waals surface area contributed by atoms with Crippen LogP contribution in [0.25, 0.3) is 0 Å². The largest absolute Gasteiger partial charge is 0.405 e. The summed E-state index contributed by atoms with van der Waals surface area (Å²) in [4.78, 5) is 7.86. The van der Waals surface area contributed by atoms with Gasteiger partial charge in [-0.15, -0.1) is 0 Å². The highest BCUT2D eigenvalue weighted by Crippen LogP contribution is 2.26. The summed E-state index contributed by atoms with van der Waals surface area (Å²) in [5, 5.41) is 2.25. The van der Waals surface area contributed by atoms with Gasteiger partial charge < -0.3 is 5.32 Å². The summed E-state index contributed by atoms with van der Waals surface area (Å²) < 4.78 is 36.1. The highest BCUT2D eigenvalue weighted by molar-refractivity contribution is 5.36. The molecular weight excluding hydrogens is 231 g/mol. The number of anilines is 1. The van der Waals surface area contributed by atoms with E-state index in [4.69, 9.17) is 0 Å². The van der Waals surface area contributed by atoms with Crippen molar-refractivity contribution in [3.8, 4) is 0 Å². The smallest absolute Gasteiger partial charge is 0.361 e. The lowest BCUT2D eigenvalue weighted by Crippen LogP contribution is -2.23. The lowest BCUT2D eigenvalue weighted by atomic mass is 9.86. The Morgan fingerprint density at radius 1 is 1.24 bits per heavy atom. The molecule has 1 rings (SSSR count). The molecule has 0 aliphatic heterocycles. The van der Waals surface area contributed by atoms with Crippen LogP contribution in [-0.4, -0.2) is 22.7 Å². The van der Waals surface area contributed by atoms with Gasteiger partial charge in [-0.2, -0.15) is 13.2 Å². The highest BCUT2D eigenvalue weighted by Gasteiger charge is 2.27. The van der Waals surface area contributed by atoms with Crippen LogP contribution in [0.2, 0.25) is 0 Å². The molecule has 1 heterocycles. The van der Waals surface area contributed by atoms with E-state index in [0.717, 1.165) is 12.1 Å². The number of hydrogen-bond acceptors (Lipinski definition) is 3. The van der Waals surface area contributed by atoms with Crippen molar-refractivity contribution in [1.29, 1.82) is 0 Å². The van der Waals surface area contributed by atoms with Crippen LogP contribution in [0, 0.1) is 0 Å². The molecule has 0 aliphatic rings. The first-order valence-corrected chi connectivity index (χ1v) is 5.38. The van der Waals surface area contributed by atoms with Gasteiger partial charge in [0.1, 0.15) is 18.7 Å². The third-order valence-corrected chi connectivity index (χ3v) is 2.71. The molecule has 0 aromatic carbocycles. The molecule has 1 aromatic heterocycles. The van der Waals surface area contributed by atoms with Crippen LogP contribution in [0.1, 0.15) is 32.9 Å². The highest BCUT2D eigenvalue weighted by atomic mass is 19.4. The average Bonchev–Trinajstić information content (AvgIpc) is 2.26. The van der Waals surface area contributed by atoms with Crippen molar-refractivity contribution in [2.24, 2.45) is 0 Å². The first kappa shape index (κ1) is 13.7. The Bertz CT molecular complexity index is 374. The minimum absolute atomic E-state index is 0.169. The summed E-state index contributed by atoms with van der Waals surface area (Å²) in [6, 6.07) is 1.56. The Balaban J connectivity index is 2.80. The molecule has 3 nitrogen and oxygen atoms in total. The van der Waals surface area contributed by atoms with Crippen molar-refractivity contribution < 1.29 is 13.2 Å². The van der Waals surface area contributed by atoms with E-state index in [0.29, 0.717) is 0 Å². The Labute approximate surface area is 98.5 Å². The molecule has 0 radical (unpaired) electrons. The maximum Gasteiger partial charge on any atom is 0.405 e. The maximum absolute atomic E-state index is 12.0. The fourth-order valence-corrected chi connectivity index (χ4v) is 1.20. The van der Waals surface area contributed by atoms with Crippen molar-refractivity contribution in [3.63, 3.8) is 0 Å². The summed E-state index contributed by atoms with van der Waals surface area (Å²) in [6.07, 6.45) is -2.11. The van der Waals surface area contributed by atoms with Gasteiger partial charge in [0, 0.05) is 11.5 Å². The molecule has 17 heavy (non-hydrogen) atoms. The number of nitrogens with zero attached hydrogens (tertiary/aromatic N) is 2. The predicted molar refractivity (Wildman–Crippen MR) is 59.9 cm³/mol. The van der Waals surface area contributed by atoms with Gasteiger partial charge in [0.2, 0.25) is 0 Å². The minimum Gasteiger partial charge on any atom is -0.361 e. The molecule has 1 aromatic rings. The van der Waals surface area contributed by atoms with Crippen molar-refractivity contribution in [3.05, 3.63) is 18.1 Å². The SMILES string of the molecule is CCC(C)(C)c1cc(NCC(F)(F)F)ncn1. The number of nitrogens with one attached hydrogen (secondary N) is 1. The topological polar surface area (TPSA) is 37.8 Å². The predicted octanol–water partition coefficient (Wildman–Crippen LogP) is 3.14. The third kappa shape index (κ3) is 4.20. The number of rotatable bonds is 4.